The molecule has 1 aromatic carbocycles. The highest BCUT2D eigenvalue weighted by molar-refractivity contribution is 9.11. The quantitative estimate of drug-likeness (QED) is 0.621. The zero-order chi connectivity index (χ0) is 12.8. The van der Waals surface area contributed by atoms with Crippen molar-refractivity contribution in [3.63, 3.8) is 0 Å². The van der Waals surface area contributed by atoms with Crippen LogP contribution in [-0.4, -0.2) is 6.04 Å². The summed E-state index contributed by atoms with van der Waals surface area (Å²) in [4.78, 5) is 0. The Labute approximate surface area is 122 Å². The summed E-state index contributed by atoms with van der Waals surface area (Å²) in [6, 6.07) is 4.80. The predicted molar refractivity (Wildman–Crippen MR) is 83.8 cm³/mol. The van der Waals surface area contributed by atoms with Gasteiger partial charge in [0.2, 0.25) is 0 Å². The highest BCUT2D eigenvalue weighted by Crippen LogP contribution is 2.33. The van der Waals surface area contributed by atoms with Crippen LogP contribution in [0.2, 0.25) is 0 Å². The molecule has 0 aromatic heterocycles. The van der Waals surface area contributed by atoms with Gasteiger partial charge in [0.1, 0.15) is 0 Å². The van der Waals surface area contributed by atoms with Crippen molar-refractivity contribution in [2.24, 2.45) is 0 Å². The van der Waals surface area contributed by atoms with E-state index in [0.29, 0.717) is 6.04 Å². The standard InChI is InChI=1S/C14H21Br2N/c1-4-5-6-7-11(3)17-14-12(15)8-10(2)9-13(14)16/h8-9,11,17H,4-7H2,1-3H3. The van der Waals surface area contributed by atoms with Crippen LogP contribution in [0.4, 0.5) is 5.69 Å². The third-order valence-electron chi connectivity index (χ3n) is 2.82. The summed E-state index contributed by atoms with van der Waals surface area (Å²) in [6.45, 7) is 6.59. The minimum atomic E-state index is 0.511. The monoisotopic (exact) mass is 361 g/mol. The van der Waals surface area contributed by atoms with Gasteiger partial charge in [-0.3, -0.25) is 0 Å². The van der Waals surface area contributed by atoms with Gasteiger partial charge in [0, 0.05) is 15.0 Å². The van der Waals surface area contributed by atoms with Crippen molar-refractivity contribution in [1.29, 1.82) is 0 Å². The van der Waals surface area contributed by atoms with Gasteiger partial charge in [-0.15, -0.1) is 0 Å². The lowest BCUT2D eigenvalue weighted by Crippen LogP contribution is -2.15. The number of anilines is 1. The summed E-state index contributed by atoms with van der Waals surface area (Å²) in [5.41, 5.74) is 2.42. The van der Waals surface area contributed by atoms with Crippen LogP contribution < -0.4 is 5.32 Å². The van der Waals surface area contributed by atoms with Crippen molar-refractivity contribution in [3.05, 3.63) is 26.6 Å². The third-order valence-corrected chi connectivity index (χ3v) is 4.07. The van der Waals surface area contributed by atoms with Gasteiger partial charge in [0.15, 0.2) is 0 Å². The van der Waals surface area contributed by atoms with Gasteiger partial charge in [0.05, 0.1) is 5.69 Å². The number of benzene rings is 1. The fraction of sp³-hybridized carbons (Fsp3) is 0.571. The summed E-state index contributed by atoms with van der Waals surface area (Å²) < 4.78 is 2.26. The molecular weight excluding hydrogens is 342 g/mol. The molecular formula is C14H21Br2N. The highest BCUT2D eigenvalue weighted by atomic mass is 79.9. The van der Waals surface area contributed by atoms with Crippen molar-refractivity contribution < 1.29 is 0 Å². The molecule has 0 saturated heterocycles. The van der Waals surface area contributed by atoms with E-state index in [1.807, 2.05) is 0 Å². The predicted octanol–water partition coefficient (Wildman–Crippen LogP) is 5.90. The maximum atomic E-state index is 3.62. The Bertz CT molecular complexity index is 340. The van der Waals surface area contributed by atoms with E-state index in [1.54, 1.807) is 0 Å². The average molecular weight is 363 g/mol. The number of hydrogen-bond acceptors (Lipinski definition) is 1. The second-order valence-corrected chi connectivity index (χ2v) is 6.35. The van der Waals surface area contributed by atoms with E-state index in [1.165, 1.54) is 36.9 Å². The first-order valence-electron chi connectivity index (χ1n) is 6.26. The molecule has 0 aliphatic carbocycles. The van der Waals surface area contributed by atoms with Crippen molar-refractivity contribution in [1.82, 2.24) is 0 Å². The smallest absolute Gasteiger partial charge is 0.0631 e. The van der Waals surface area contributed by atoms with E-state index in [9.17, 15) is 0 Å². The summed E-state index contributed by atoms with van der Waals surface area (Å²) in [5, 5.41) is 3.57. The van der Waals surface area contributed by atoms with Gasteiger partial charge in [-0.2, -0.15) is 0 Å². The normalized spacial score (nSPS) is 12.5. The lowest BCUT2D eigenvalue weighted by molar-refractivity contribution is 0.615. The Morgan fingerprint density at radius 2 is 1.76 bits per heavy atom. The van der Waals surface area contributed by atoms with E-state index in [0.717, 1.165) is 8.95 Å². The molecule has 0 amide bonds. The number of halogens is 2. The Balaban J connectivity index is 2.61. The van der Waals surface area contributed by atoms with Crippen LogP contribution in [0.3, 0.4) is 0 Å². The molecule has 1 nitrogen and oxygen atoms in total. The SMILES string of the molecule is CCCCCC(C)Nc1c(Br)cc(C)cc1Br. The molecule has 0 bridgehead atoms. The van der Waals surface area contributed by atoms with E-state index in [-0.39, 0.29) is 0 Å². The van der Waals surface area contributed by atoms with Gasteiger partial charge in [0.25, 0.3) is 0 Å². The van der Waals surface area contributed by atoms with Crippen LogP contribution in [0.5, 0.6) is 0 Å². The second kappa shape index (κ2) is 7.42. The van der Waals surface area contributed by atoms with Crippen molar-refractivity contribution in [3.8, 4) is 0 Å². The van der Waals surface area contributed by atoms with Crippen LogP contribution in [0.1, 0.15) is 45.1 Å². The minimum absolute atomic E-state index is 0.511. The van der Waals surface area contributed by atoms with Crippen LogP contribution >= 0.6 is 31.9 Å². The largest absolute Gasteiger partial charge is 0.381 e. The molecule has 0 heterocycles. The average Bonchev–Trinajstić information content (AvgIpc) is 2.24. The number of aryl methyl sites for hydroxylation is 1. The van der Waals surface area contributed by atoms with Crippen molar-refractivity contribution in [2.75, 3.05) is 5.32 Å². The molecule has 0 aliphatic heterocycles. The van der Waals surface area contributed by atoms with Crippen LogP contribution in [0, 0.1) is 6.92 Å². The first kappa shape index (κ1) is 15.0. The highest BCUT2D eigenvalue weighted by Gasteiger charge is 2.09. The lowest BCUT2D eigenvalue weighted by atomic mass is 10.1. The number of nitrogens with one attached hydrogen (secondary N) is 1. The first-order chi connectivity index (χ1) is 8.04. The Kier molecular flexibility index (Phi) is 6.57. The maximum absolute atomic E-state index is 3.62. The van der Waals surface area contributed by atoms with E-state index in [2.05, 4.69) is 70.1 Å². The fourth-order valence-electron chi connectivity index (χ4n) is 1.86. The summed E-state index contributed by atoms with van der Waals surface area (Å²) >= 11 is 7.23. The Hall–Kier alpha value is -0.0200. The van der Waals surface area contributed by atoms with Gasteiger partial charge < -0.3 is 5.32 Å². The molecule has 0 saturated carbocycles. The maximum Gasteiger partial charge on any atom is 0.0631 e. The molecule has 1 atom stereocenters. The molecule has 3 heteroatoms. The molecule has 0 spiro atoms. The molecule has 17 heavy (non-hydrogen) atoms. The van der Waals surface area contributed by atoms with Gasteiger partial charge in [-0.1, -0.05) is 26.2 Å². The molecule has 1 rings (SSSR count). The van der Waals surface area contributed by atoms with Crippen molar-refractivity contribution in [2.45, 2.75) is 52.5 Å². The van der Waals surface area contributed by atoms with Crippen LogP contribution in [-0.2, 0) is 0 Å². The van der Waals surface area contributed by atoms with Gasteiger partial charge in [-0.05, 0) is 69.8 Å². The Morgan fingerprint density at radius 1 is 1.18 bits per heavy atom. The number of unbranched alkanes of at least 4 members (excludes halogenated alkanes) is 2. The number of rotatable bonds is 6. The minimum Gasteiger partial charge on any atom is -0.381 e. The van der Waals surface area contributed by atoms with Crippen LogP contribution in [0.15, 0.2) is 21.1 Å². The van der Waals surface area contributed by atoms with Crippen molar-refractivity contribution >= 4 is 37.5 Å². The molecule has 96 valence electrons. The number of hydrogen-bond donors (Lipinski definition) is 1. The van der Waals surface area contributed by atoms with Crippen LogP contribution in [0.25, 0.3) is 0 Å². The second-order valence-electron chi connectivity index (χ2n) is 4.64. The molecule has 0 fully saturated rings. The molecule has 1 aromatic rings. The molecule has 1 N–H and O–H groups in total. The fourth-order valence-corrected chi connectivity index (χ4v) is 3.50. The van der Waals surface area contributed by atoms with E-state index >= 15 is 0 Å². The summed E-state index contributed by atoms with van der Waals surface area (Å²) in [7, 11) is 0. The van der Waals surface area contributed by atoms with E-state index in [4.69, 9.17) is 0 Å². The zero-order valence-electron chi connectivity index (χ0n) is 10.8. The summed E-state index contributed by atoms with van der Waals surface area (Å²) in [5.74, 6) is 0. The zero-order valence-corrected chi connectivity index (χ0v) is 14.0. The third kappa shape index (κ3) is 5.01. The summed E-state index contributed by atoms with van der Waals surface area (Å²) in [6.07, 6.45) is 5.12. The van der Waals surface area contributed by atoms with Gasteiger partial charge >= 0.3 is 0 Å². The van der Waals surface area contributed by atoms with E-state index < -0.39 is 0 Å². The lowest BCUT2D eigenvalue weighted by Gasteiger charge is -2.18. The Morgan fingerprint density at radius 3 is 2.29 bits per heavy atom. The molecule has 0 radical (unpaired) electrons. The molecule has 1 unspecified atom stereocenters. The topological polar surface area (TPSA) is 12.0 Å². The molecule has 0 aliphatic rings. The first-order valence-corrected chi connectivity index (χ1v) is 7.85. The van der Waals surface area contributed by atoms with Gasteiger partial charge in [-0.25, -0.2) is 0 Å².